The van der Waals surface area contributed by atoms with Crippen molar-refractivity contribution >= 4 is 11.6 Å². The minimum Gasteiger partial charge on any atom is -0.330 e. The van der Waals surface area contributed by atoms with Gasteiger partial charge in [0.05, 0.1) is 12.1 Å². The molecule has 0 saturated heterocycles. The Morgan fingerprint density at radius 1 is 1.33 bits per heavy atom. The van der Waals surface area contributed by atoms with Crippen LogP contribution in [0.1, 0.15) is 25.6 Å². The molecule has 0 aromatic carbocycles. The minimum absolute atomic E-state index is 0.0894. The average molecular weight is 245 g/mol. The molecule has 0 aliphatic carbocycles. The monoisotopic (exact) mass is 245 g/mol. The molecule has 0 atom stereocenters. The highest BCUT2D eigenvalue weighted by atomic mass is 15.3. The van der Waals surface area contributed by atoms with Crippen molar-refractivity contribution in [3.05, 3.63) is 11.9 Å². The molecule has 18 heavy (non-hydrogen) atoms. The third kappa shape index (κ3) is 3.30. The van der Waals surface area contributed by atoms with E-state index in [1.54, 1.807) is 11.0 Å². The molecule has 94 valence electrons. The molecule has 0 saturated carbocycles. The van der Waals surface area contributed by atoms with E-state index in [-0.39, 0.29) is 19.0 Å². The molecule has 0 bridgehead atoms. The second kappa shape index (κ2) is 6.38. The van der Waals surface area contributed by atoms with Gasteiger partial charge in [0.1, 0.15) is 30.5 Å². The lowest BCUT2D eigenvalue weighted by atomic mass is 10.2. The molecule has 1 aromatic heterocycles. The summed E-state index contributed by atoms with van der Waals surface area (Å²) in [6.07, 6.45) is 0. The number of nitrogens with zero attached hydrogens (tertiary/aromatic N) is 5. The van der Waals surface area contributed by atoms with Crippen LogP contribution in [0.5, 0.6) is 0 Å². The van der Waals surface area contributed by atoms with E-state index in [2.05, 4.69) is 15.4 Å². The Hall–Kier alpha value is -2.38. The van der Waals surface area contributed by atoms with Crippen LogP contribution in [0, 0.1) is 22.7 Å². The topological polar surface area (TPSA) is 115 Å². The zero-order chi connectivity index (χ0) is 13.5. The van der Waals surface area contributed by atoms with Crippen LogP contribution in [0.15, 0.2) is 6.07 Å². The molecule has 0 unspecified atom stereocenters. The highest BCUT2D eigenvalue weighted by Gasteiger charge is 2.12. The fraction of sp³-hybridized carbons (Fsp3) is 0.455. The molecule has 0 amide bonds. The van der Waals surface area contributed by atoms with Crippen LogP contribution in [0.3, 0.4) is 0 Å². The number of aromatic nitrogens is 2. The third-order valence-corrected chi connectivity index (χ3v) is 2.24. The first-order valence-corrected chi connectivity index (χ1v) is 5.46. The van der Waals surface area contributed by atoms with Crippen molar-refractivity contribution in [2.45, 2.75) is 19.8 Å². The lowest BCUT2D eigenvalue weighted by Gasteiger charge is -2.19. The molecule has 7 heteroatoms. The standard InChI is InChI=1S/C11H15N7/c1-8(2)11-15-9(17-14)7-10(16-11)18(5-3-12)6-4-13/h7-8H,5-6,14H2,1-2H3,(H,15,16,17). The zero-order valence-electron chi connectivity index (χ0n) is 10.4. The highest BCUT2D eigenvalue weighted by molar-refractivity contribution is 5.50. The van der Waals surface area contributed by atoms with E-state index < -0.39 is 0 Å². The van der Waals surface area contributed by atoms with Crippen LogP contribution >= 0.6 is 0 Å². The van der Waals surface area contributed by atoms with E-state index in [9.17, 15) is 0 Å². The molecule has 7 nitrogen and oxygen atoms in total. The normalized spacial score (nSPS) is 9.67. The molecule has 0 aliphatic rings. The van der Waals surface area contributed by atoms with E-state index in [0.29, 0.717) is 17.5 Å². The number of anilines is 2. The van der Waals surface area contributed by atoms with Crippen LogP contribution in [0.2, 0.25) is 0 Å². The molecule has 1 heterocycles. The number of nitrogens with two attached hydrogens (primary N) is 1. The smallest absolute Gasteiger partial charge is 0.145 e. The summed E-state index contributed by atoms with van der Waals surface area (Å²) < 4.78 is 0. The van der Waals surface area contributed by atoms with Gasteiger partial charge in [0.25, 0.3) is 0 Å². The number of nitriles is 2. The van der Waals surface area contributed by atoms with Gasteiger partial charge in [0.2, 0.25) is 0 Å². The zero-order valence-corrected chi connectivity index (χ0v) is 10.4. The predicted molar refractivity (Wildman–Crippen MR) is 67.4 cm³/mol. The van der Waals surface area contributed by atoms with Gasteiger partial charge in [-0.2, -0.15) is 10.5 Å². The second-order valence-electron chi connectivity index (χ2n) is 3.94. The summed E-state index contributed by atoms with van der Waals surface area (Å²) in [5.74, 6) is 7.07. The van der Waals surface area contributed by atoms with E-state index in [1.807, 2.05) is 26.0 Å². The maximum atomic E-state index is 8.74. The number of nitrogen functional groups attached to an aromatic ring is 1. The summed E-state index contributed by atoms with van der Waals surface area (Å²) >= 11 is 0. The Balaban J connectivity index is 3.17. The largest absolute Gasteiger partial charge is 0.330 e. The Kier molecular flexibility index (Phi) is 4.85. The van der Waals surface area contributed by atoms with E-state index in [0.717, 1.165) is 0 Å². The number of nitrogens with one attached hydrogen (secondary N) is 1. The summed E-state index contributed by atoms with van der Waals surface area (Å²) in [6.45, 7) is 4.09. The quantitative estimate of drug-likeness (QED) is 0.446. The first-order chi connectivity index (χ1) is 8.62. The fourth-order valence-electron chi connectivity index (χ4n) is 1.34. The van der Waals surface area contributed by atoms with E-state index in [4.69, 9.17) is 16.4 Å². The molecule has 1 aromatic rings. The Labute approximate surface area is 106 Å². The second-order valence-corrected chi connectivity index (χ2v) is 3.94. The van der Waals surface area contributed by atoms with Gasteiger partial charge in [0, 0.05) is 12.0 Å². The van der Waals surface area contributed by atoms with Crippen LogP contribution in [0.25, 0.3) is 0 Å². The third-order valence-electron chi connectivity index (χ3n) is 2.24. The van der Waals surface area contributed by atoms with Gasteiger partial charge in [-0.3, -0.25) is 0 Å². The lowest BCUT2D eigenvalue weighted by Crippen LogP contribution is -2.26. The SMILES string of the molecule is CC(C)c1nc(NN)cc(N(CC#N)CC#N)n1. The van der Waals surface area contributed by atoms with Crippen LogP contribution in [0.4, 0.5) is 11.6 Å². The van der Waals surface area contributed by atoms with Crippen molar-refractivity contribution in [2.24, 2.45) is 5.84 Å². The Morgan fingerprint density at radius 3 is 2.39 bits per heavy atom. The number of hydrogen-bond donors (Lipinski definition) is 2. The Bertz CT molecular complexity index is 467. The van der Waals surface area contributed by atoms with Crippen molar-refractivity contribution in [2.75, 3.05) is 23.4 Å². The molecule has 0 fully saturated rings. The number of hydrazine groups is 1. The van der Waals surface area contributed by atoms with Gasteiger partial charge in [0.15, 0.2) is 0 Å². The highest BCUT2D eigenvalue weighted by Crippen LogP contribution is 2.19. The van der Waals surface area contributed by atoms with E-state index >= 15 is 0 Å². The minimum atomic E-state index is 0.0894. The number of rotatable bonds is 5. The van der Waals surface area contributed by atoms with Crippen molar-refractivity contribution < 1.29 is 0 Å². The van der Waals surface area contributed by atoms with Crippen LogP contribution in [-0.2, 0) is 0 Å². The fourth-order valence-corrected chi connectivity index (χ4v) is 1.34. The maximum Gasteiger partial charge on any atom is 0.145 e. The van der Waals surface area contributed by atoms with Gasteiger partial charge in [-0.25, -0.2) is 15.8 Å². The summed E-state index contributed by atoms with van der Waals surface area (Å²) in [5, 5.41) is 17.5. The molecular weight excluding hydrogens is 230 g/mol. The van der Waals surface area contributed by atoms with Gasteiger partial charge < -0.3 is 10.3 Å². The summed E-state index contributed by atoms with van der Waals surface area (Å²) in [4.78, 5) is 10.1. The van der Waals surface area contributed by atoms with Gasteiger partial charge >= 0.3 is 0 Å². The van der Waals surface area contributed by atoms with Crippen molar-refractivity contribution in [1.82, 2.24) is 9.97 Å². The lowest BCUT2D eigenvalue weighted by molar-refractivity contribution is 0.766. The summed E-state index contributed by atoms with van der Waals surface area (Å²) in [6, 6.07) is 5.61. The van der Waals surface area contributed by atoms with E-state index in [1.165, 1.54) is 0 Å². The van der Waals surface area contributed by atoms with Gasteiger partial charge in [-0.05, 0) is 0 Å². The van der Waals surface area contributed by atoms with Crippen LogP contribution in [-0.4, -0.2) is 23.1 Å². The molecular formula is C11H15N7. The molecule has 0 radical (unpaired) electrons. The molecule has 0 spiro atoms. The molecule has 1 rings (SSSR count). The van der Waals surface area contributed by atoms with Crippen LogP contribution < -0.4 is 16.2 Å². The summed E-state index contributed by atoms with van der Waals surface area (Å²) in [5.41, 5.74) is 2.46. The van der Waals surface area contributed by atoms with Crippen molar-refractivity contribution in [1.29, 1.82) is 10.5 Å². The first kappa shape index (κ1) is 13.7. The average Bonchev–Trinajstić information content (AvgIpc) is 2.37. The summed E-state index contributed by atoms with van der Waals surface area (Å²) in [7, 11) is 0. The van der Waals surface area contributed by atoms with Gasteiger partial charge in [-0.1, -0.05) is 13.8 Å². The first-order valence-electron chi connectivity index (χ1n) is 5.46. The van der Waals surface area contributed by atoms with Gasteiger partial charge in [-0.15, -0.1) is 0 Å². The molecule has 0 aliphatic heterocycles. The maximum absolute atomic E-state index is 8.74. The number of hydrogen-bond acceptors (Lipinski definition) is 7. The molecule has 3 N–H and O–H groups in total. The Morgan fingerprint density at radius 2 is 1.94 bits per heavy atom. The van der Waals surface area contributed by atoms with Crippen molar-refractivity contribution in [3.8, 4) is 12.1 Å². The predicted octanol–water partition coefficient (Wildman–Crippen LogP) is 0.739. The van der Waals surface area contributed by atoms with Crippen molar-refractivity contribution in [3.63, 3.8) is 0 Å².